The van der Waals surface area contributed by atoms with Crippen LogP contribution in [0.3, 0.4) is 0 Å². The van der Waals surface area contributed by atoms with E-state index in [1.54, 1.807) is 6.07 Å². The van der Waals surface area contributed by atoms with E-state index in [1.807, 2.05) is 27.7 Å². The number of nitrogens with zero attached hydrogens (tertiary/aromatic N) is 3. The van der Waals surface area contributed by atoms with Crippen LogP contribution in [0.25, 0.3) is 11.7 Å². The minimum atomic E-state index is -0.288. The molecule has 6 nitrogen and oxygen atoms in total. The van der Waals surface area contributed by atoms with Gasteiger partial charge < -0.3 is 14.8 Å². The van der Waals surface area contributed by atoms with E-state index in [0.717, 1.165) is 5.69 Å². The normalized spacial score (nSPS) is 13.9. The molecule has 0 fully saturated rings. The Balaban J connectivity index is 2.28. The maximum atomic E-state index is 6.04. The van der Waals surface area contributed by atoms with Gasteiger partial charge in [-0.05, 0) is 12.3 Å². The van der Waals surface area contributed by atoms with E-state index in [4.69, 9.17) is 14.8 Å². The maximum absolute atomic E-state index is 6.04. The van der Waals surface area contributed by atoms with Crippen LogP contribution in [0.2, 0.25) is 0 Å². The first-order chi connectivity index (χ1) is 7.88. The van der Waals surface area contributed by atoms with Crippen LogP contribution in [0.1, 0.15) is 38.3 Å². The van der Waals surface area contributed by atoms with Crippen molar-refractivity contribution in [2.75, 3.05) is 0 Å². The predicted octanol–water partition coefficient (Wildman–Crippen LogP) is 2.08. The van der Waals surface area contributed by atoms with Gasteiger partial charge in [-0.2, -0.15) is 4.98 Å². The first-order valence-electron chi connectivity index (χ1n) is 5.41. The molecule has 6 heteroatoms. The van der Waals surface area contributed by atoms with Gasteiger partial charge in [-0.1, -0.05) is 31.1 Å². The summed E-state index contributed by atoms with van der Waals surface area (Å²) in [4.78, 5) is 4.22. The molecule has 0 bridgehead atoms. The van der Waals surface area contributed by atoms with Crippen LogP contribution < -0.4 is 5.73 Å². The Hall–Kier alpha value is -1.69. The van der Waals surface area contributed by atoms with Gasteiger partial charge in [-0.15, -0.1) is 0 Å². The van der Waals surface area contributed by atoms with Gasteiger partial charge in [0.15, 0.2) is 5.82 Å². The first kappa shape index (κ1) is 11.8. The number of aryl methyl sites for hydroxylation is 1. The number of aromatic nitrogens is 3. The Morgan fingerprint density at radius 2 is 1.94 bits per heavy atom. The Kier molecular flexibility index (Phi) is 2.74. The zero-order valence-corrected chi connectivity index (χ0v) is 10.4. The summed E-state index contributed by atoms with van der Waals surface area (Å²) in [5.41, 5.74) is 6.67. The summed E-state index contributed by atoms with van der Waals surface area (Å²) in [5.74, 6) is 1.24. The zero-order valence-electron chi connectivity index (χ0n) is 10.4. The molecule has 0 aromatic carbocycles. The van der Waals surface area contributed by atoms with Gasteiger partial charge in [0.25, 0.3) is 5.89 Å². The molecule has 0 aliphatic carbocycles. The van der Waals surface area contributed by atoms with Crippen molar-refractivity contribution in [3.05, 3.63) is 17.6 Å². The summed E-state index contributed by atoms with van der Waals surface area (Å²) in [5, 5.41) is 7.63. The maximum Gasteiger partial charge on any atom is 0.296 e. The second kappa shape index (κ2) is 3.96. The molecule has 2 aromatic heterocycles. The molecular weight excluding hydrogens is 220 g/mol. The van der Waals surface area contributed by atoms with Crippen LogP contribution in [0.4, 0.5) is 0 Å². The lowest BCUT2D eigenvalue weighted by molar-refractivity contribution is 0.303. The van der Waals surface area contributed by atoms with E-state index < -0.39 is 0 Å². The predicted molar refractivity (Wildman–Crippen MR) is 60.9 cm³/mol. The molecular formula is C11H16N4O2. The van der Waals surface area contributed by atoms with E-state index in [2.05, 4.69) is 15.3 Å². The fourth-order valence-electron chi connectivity index (χ4n) is 1.31. The SMILES string of the molecule is Cc1cc(-c2nc(C(N)C(C)(C)C)no2)on1. The van der Waals surface area contributed by atoms with Crippen LogP contribution in [-0.4, -0.2) is 15.3 Å². The number of hydrogen-bond acceptors (Lipinski definition) is 6. The van der Waals surface area contributed by atoms with Crippen LogP contribution in [0, 0.1) is 12.3 Å². The van der Waals surface area contributed by atoms with E-state index >= 15 is 0 Å². The van der Waals surface area contributed by atoms with Gasteiger partial charge in [-0.3, -0.25) is 0 Å². The summed E-state index contributed by atoms with van der Waals surface area (Å²) in [6.07, 6.45) is 0. The molecule has 92 valence electrons. The van der Waals surface area contributed by atoms with E-state index in [9.17, 15) is 0 Å². The minimum Gasteiger partial charge on any atom is -0.351 e. The van der Waals surface area contributed by atoms with Crippen molar-refractivity contribution < 1.29 is 9.05 Å². The topological polar surface area (TPSA) is 91.0 Å². The number of rotatable bonds is 2. The molecule has 1 unspecified atom stereocenters. The zero-order chi connectivity index (χ0) is 12.6. The summed E-state index contributed by atoms with van der Waals surface area (Å²) < 4.78 is 10.1. The highest BCUT2D eigenvalue weighted by atomic mass is 16.5. The second-order valence-corrected chi connectivity index (χ2v) is 5.13. The summed E-state index contributed by atoms with van der Waals surface area (Å²) >= 11 is 0. The third-order valence-corrected chi connectivity index (χ3v) is 2.49. The van der Waals surface area contributed by atoms with Gasteiger partial charge in [-0.25, -0.2) is 0 Å². The molecule has 2 aromatic rings. The van der Waals surface area contributed by atoms with E-state index in [0.29, 0.717) is 17.5 Å². The molecule has 0 aliphatic rings. The summed E-state index contributed by atoms with van der Waals surface area (Å²) in [7, 11) is 0. The Labute approximate surface area is 99.2 Å². The minimum absolute atomic E-state index is 0.127. The monoisotopic (exact) mass is 236 g/mol. The lowest BCUT2D eigenvalue weighted by Crippen LogP contribution is -2.27. The van der Waals surface area contributed by atoms with Gasteiger partial charge >= 0.3 is 0 Å². The molecule has 0 spiro atoms. The van der Waals surface area contributed by atoms with Crippen molar-refractivity contribution >= 4 is 0 Å². The molecule has 0 radical (unpaired) electrons. The molecule has 1 atom stereocenters. The van der Waals surface area contributed by atoms with Crippen molar-refractivity contribution in [3.63, 3.8) is 0 Å². The van der Waals surface area contributed by atoms with Gasteiger partial charge in [0, 0.05) is 6.07 Å². The van der Waals surface area contributed by atoms with Crippen molar-refractivity contribution in [2.45, 2.75) is 33.7 Å². The van der Waals surface area contributed by atoms with Crippen LogP contribution in [0.15, 0.2) is 15.1 Å². The van der Waals surface area contributed by atoms with Crippen molar-refractivity contribution in [1.82, 2.24) is 15.3 Å². The average Bonchev–Trinajstić information content (AvgIpc) is 2.83. The smallest absolute Gasteiger partial charge is 0.296 e. The number of hydrogen-bond donors (Lipinski definition) is 1. The highest BCUT2D eigenvalue weighted by Crippen LogP contribution is 2.29. The van der Waals surface area contributed by atoms with Gasteiger partial charge in [0.05, 0.1) is 11.7 Å². The van der Waals surface area contributed by atoms with E-state index in [-0.39, 0.29) is 11.5 Å². The van der Waals surface area contributed by atoms with Crippen molar-refractivity contribution in [3.8, 4) is 11.7 Å². The Morgan fingerprint density at radius 1 is 1.24 bits per heavy atom. The molecule has 0 saturated heterocycles. The molecule has 2 heterocycles. The summed E-state index contributed by atoms with van der Waals surface area (Å²) in [6.45, 7) is 7.88. The molecule has 17 heavy (non-hydrogen) atoms. The van der Waals surface area contributed by atoms with Gasteiger partial charge in [0.2, 0.25) is 5.76 Å². The summed E-state index contributed by atoms with van der Waals surface area (Å²) in [6, 6.07) is 1.45. The van der Waals surface area contributed by atoms with Crippen LogP contribution in [0.5, 0.6) is 0 Å². The fourth-order valence-corrected chi connectivity index (χ4v) is 1.31. The lowest BCUT2D eigenvalue weighted by Gasteiger charge is -2.23. The fraction of sp³-hybridized carbons (Fsp3) is 0.545. The molecule has 0 saturated carbocycles. The Morgan fingerprint density at radius 3 is 2.47 bits per heavy atom. The average molecular weight is 236 g/mol. The third-order valence-electron chi connectivity index (χ3n) is 2.49. The van der Waals surface area contributed by atoms with Crippen molar-refractivity contribution in [2.24, 2.45) is 11.1 Å². The van der Waals surface area contributed by atoms with Crippen LogP contribution >= 0.6 is 0 Å². The molecule has 0 aliphatic heterocycles. The second-order valence-electron chi connectivity index (χ2n) is 5.13. The van der Waals surface area contributed by atoms with Gasteiger partial charge in [0.1, 0.15) is 0 Å². The highest BCUT2D eigenvalue weighted by Gasteiger charge is 2.27. The first-order valence-corrected chi connectivity index (χ1v) is 5.41. The quantitative estimate of drug-likeness (QED) is 0.858. The number of nitrogens with two attached hydrogens (primary N) is 1. The Bertz CT molecular complexity index is 510. The highest BCUT2D eigenvalue weighted by molar-refractivity contribution is 5.43. The molecule has 0 amide bonds. The molecule has 2 N–H and O–H groups in total. The molecule has 2 rings (SSSR count). The third kappa shape index (κ3) is 2.36. The standard InChI is InChI=1S/C11H16N4O2/c1-6-5-7(16-14-6)10-13-9(15-17-10)8(12)11(2,3)4/h5,8H,12H2,1-4H3. The largest absolute Gasteiger partial charge is 0.351 e. The van der Waals surface area contributed by atoms with Crippen LogP contribution in [-0.2, 0) is 0 Å². The lowest BCUT2D eigenvalue weighted by atomic mass is 9.87. The van der Waals surface area contributed by atoms with E-state index in [1.165, 1.54) is 0 Å². The van der Waals surface area contributed by atoms with Crippen molar-refractivity contribution in [1.29, 1.82) is 0 Å².